The number of alkyl halides is 8. The molecule has 579 valence electrons. The molecule has 33 heteroatoms. The van der Waals surface area contributed by atoms with Crippen LogP contribution in [-0.4, -0.2) is 177 Å². The van der Waals surface area contributed by atoms with Crippen molar-refractivity contribution in [2.75, 3.05) is 37.9 Å². The number of benzene rings is 9. The molecule has 9 aromatic carbocycles. The molecule has 0 aliphatic carbocycles. The first-order chi connectivity index (χ1) is 49.9. The molecule has 0 amide bonds. The molecule has 0 bridgehead atoms. The molecule has 0 atom stereocenters. The standard InChI is InChI=1S/C24H23F4O5STe.C23H25O5STe.C20H19O2Te.C4H4F4O3S.C3H6O3S/c1-16-3-8-19(9-4-16)35(20-10-5-17(2)6-11-20)22-15-18(7-12-21(22)29)33-14-13-23(25,26)24(27,28)34(30,31)32;1-17-4-9-20(10-5-17)30(21-11-6-18(2)7-12-21)23-16-19(8-13-22(23)24)28-14-3-15-29(25,26)27;1-14-3-8-17(9-4-14)23(18-10-5-15(2)6-11-18)20-13-16(21)7-12-19(20)22;5-3(6)1-2-11-12(9,10)4(3,7)8;4-7(5)3-1-2-6-7/h3-12,15,29H,13-14H2,1-2H3,(H,30,31,32);4-13,16,24H,3,14-15H2,1-2H3,(H,25,26,27);3-13,21-22H,1-2H3;1-2H2;1-3H2/p-1. The van der Waals surface area contributed by atoms with Gasteiger partial charge in [-0.1, -0.05) is 0 Å². The zero-order valence-corrected chi connectivity index (χ0v) is 68.3. The van der Waals surface area contributed by atoms with Crippen LogP contribution in [0.4, 0.5) is 35.1 Å². The average molecular weight is 1920 g/mol. The predicted octanol–water partition coefficient (Wildman–Crippen LogP) is 7.89. The molecule has 2 heterocycles. The van der Waals surface area contributed by atoms with E-state index in [0.717, 1.165) is 25.6 Å². The Morgan fingerprint density at radius 1 is 0.486 bits per heavy atom. The Bertz CT molecular complexity index is 4790. The molecule has 0 spiro atoms. The molecular weight excluding hydrogens is 1840 g/mol. The van der Waals surface area contributed by atoms with E-state index < -0.39 is 148 Å². The van der Waals surface area contributed by atoms with Crippen molar-refractivity contribution < 1.29 is 116 Å². The van der Waals surface area contributed by atoms with Crippen molar-refractivity contribution in [3.05, 3.63) is 234 Å². The predicted molar refractivity (Wildman–Crippen MR) is 397 cm³/mol. The van der Waals surface area contributed by atoms with Crippen molar-refractivity contribution in [3.63, 3.8) is 0 Å². The largest absolute Gasteiger partial charge is 0.431 e. The maximum absolute atomic E-state index is 13.8. The first kappa shape index (κ1) is 87.5. The number of phenols is 3. The molecule has 5 N–H and O–H groups in total. The molecule has 2 aliphatic heterocycles. The molecule has 18 nitrogen and oxygen atoms in total. The third-order valence-electron chi connectivity index (χ3n) is 15.4. The van der Waals surface area contributed by atoms with E-state index in [2.05, 4.69) is 119 Å². The molecule has 0 aromatic heterocycles. The van der Waals surface area contributed by atoms with Crippen molar-refractivity contribution >= 4 is 132 Å². The Labute approximate surface area is 637 Å². The van der Waals surface area contributed by atoms with Crippen molar-refractivity contribution in [2.45, 2.75) is 89.6 Å². The van der Waals surface area contributed by atoms with Gasteiger partial charge in [0.15, 0.2) is 0 Å². The molecule has 107 heavy (non-hydrogen) atoms. The van der Waals surface area contributed by atoms with Gasteiger partial charge in [-0.25, -0.2) is 0 Å². The van der Waals surface area contributed by atoms with Crippen molar-refractivity contribution in [1.29, 1.82) is 0 Å². The van der Waals surface area contributed by atoms with Gasteiger partial charge in [0.25, 0.3) is 10.1 Å². The second kappa shape index (κ2) is 37.3. The van der Waals surface area contributed by atoms with E-state index in [1.807, 2.05) is 82.3 Å². The van der Waals surface area contributed by atoms with E-state index in [9.17, 15) is 89.2 Å². The molecule has 9 aromatic rings. The normalized spacial score (nSPS) is 15.1. The van der Waals surface area contributed by atoms with E-state index in [1.54, 1.807) is 18.2 Å². The van der Waals surface area contributed by atoms with Crippen LogP contribution < -0.4 is 47.1 Å². The van der Waals surface area contributed by atoms with Crippen LogP contribution in [0.25, 0.3) is 0 Å². The first-order valence-electron chi connectivity index (χ1n) is 32.2. The van der Waals surface area contributed by atoms with Gasteiger partial charge in [-0.3, -0.25) is 8.37 Å². The third-order valence-corrected chi connectivity index (χ3v) is 39.2. The fraction of sp³-hybridized carbons (Fsp3) is 0.270. The Morgan fingerprint density at radius 2 is 0.841 bits per heavy atom. The van der Waals surface area contributed by atoms with Gasteiger partial charge in [0.2, 0.25) is 0 Å². The van der Waals surface area contributed by atoms with Crippen LogP contribution in [0.5, 0.6) is 34.5 Å². The minimum absolute atomic E-state index is 0.0144. The summed E-state index contributed by atoms with van der Waals surface area (Å²) in [5, 5.41) is 32.9. The molecular formula is C74H76F8O18S4Te3-. The molecule has 2 saturated heterocycles. The van der Waals surface area contributed by atoms with Crippen LogP contribution >= 0.6 is 0 Å². The summed E-state index contributed by atoms with van der Waals surface area (Å²) in [6.45, 7) is 10.8. The molecule has 0 unspecified atom stereocenters. The van der Waals surface area contributed by atoms with E-state index in [1.165, 1.54) is 67.0 Å². The summed E-state index contributed by atoms with van der Waals surface area (Å²) < 4.78 is 233. The van der Waals surface area contributed by atoms with Gasteiger partial charge in [0.05, 0.1) is 19.0 Å². The average Bonchev–Trinajstić information content (AvgIpc) is 1.23. The number of hydrogen-bond acceptors (Lipinski definition) is 16. The number of phenolic OH excluding ortho intramolecular Hbond substituents is 3. The molecule has 3 radical (unpaired) electrons. The van der Waals surface area contributed by atoms with Gasteiger partial charge in [0, 0.05) is 6.42 Å². The summed E-state index contributed by atoms with van der Waals surface area (Å²) in [5.41, 5.74) is 6.88. The summed E-state index contributed by atoms with van der Waals surface area (Å²) in [4.78, 5) is 0. The fourth-order valence-electron chi connectivity index (χ4n) is 9.59. The van der Waals surface area contributed by atoms with E-state index in [-0.39, 0.29) is 53.3 Å². The Kier molecular flexibility index (Phi) is 30.5. The van der Waals surface area contributed by atoms with Crippen LogP contribution in [0, 0.1) is 41.5 Å². The summed E-state index contributed by atoms with van der Waals surface area (Å²) >= 11 is -7.27. The van der Waals surface area contributed by atoms with Gasteiger partial charge in [0.1, 0.15) is 0 Å². The van der Waals surface area contributed by atoms with Crippen LogP contribution in [-0.2, 0) is 48.8 Å². The van der Waals surface area contributed by atoms with Crippen molar-refractivity contribution in [2.24, 2.45) is 0 Å². The number of rotatable bonds is 20. The maximum atomic E-state index is 13.8. The van der Waals surface area contributed by atoms with Crippen molar-refractivity contribution in [3.8, 4) is 34.5 Å². The molecule has 11 rings (SSSR count). The van der Waals surface area contributed by atoms with Crippen LogP contribution in [0.15, 0.2) is 200 Å². The van der Waals surface area contributed by atoms with Gasteiger partial charge in [-0.05, 0) is 6.42 Å². The van der Waals surface area contributed by atoms with Gasteiger partial charge in [-0.15, -0.1) is 0 Å². The number of hydrogen-bond donors (Lipinski definition) is 5. The van der Waals surface area contributed by atoms with Crippen LogP contribution in [0.3, 0.4) is 0 Å². The monoisotopic (exact) mass is 1920 g/mol. The van der Waals surface area contributed by atoms with Crippen LogP contribution in [0.1, 0.15) is 59.1 Å². The zero-order valence-electron chi connectivity index (χ0n) is 58.0. The zero-order chi connectivity index (χ0) is 79.1. The smallest absolute Gasteiger partial charge is 0.270 e. The summed E-state index contributed by atoms with van der Waals surface area (Å²) in [5.74, 6) is -8.72. The molecule has 2 fully saturated rings. The van der Waals surface area contributed by atoms with Gasteiger partial charge in [-0.2, -0.15) is 34.4 Å². The number of halogens is 8. The van der Waals surface area contributed by atoms with E-state index in [0.29, 0.717) is 22.4 Å². The summed E-state index contributed by atoms with van der Waals surface area (Å²) in [6, 6.07) is 63.3. The minimum Gasteiger partial charge on any atom is -0.270 e. The van der Waals surface area contributed by atoms with Crippen LogP contribution in [0.2, 0.25) is 0 Å². The van der Waals surface area contributed by atoms with Gasteiger partial charge < -0.3 is 0 Å². The SMILES string of the molecule is Cc1ccc([Te](c2ccc(C)cc2)c2cc(O)ccc2[O-])cc1.Cc1ccc([Te](c2ccc(C)cc2)c2cc(OCCC(F)(F)C(F)(F)S(=O)(=O)O)ccc2O)cc1.Cc1ccc([Te](c2ccc(C)cc2)c2cc(OCCCS(=O)(=O)O)ccc2O)cc1.O=S1(=O)CCCO1.O=S1(=O)OCCC(F)(F)C1(F)F. The third kappa shape index (κ3) is 24.4. The fourth-order valence-corrected chi connectivity index (χ4v) is 30.5. The maximum Gasteiger partial charge on any atom is 0.431 e. The van der Waals surface area contributed by atoms with Gasteiger partial charge >= 0.3 is 559 Å². The number of aromatic hydroxyl groups is 3. The minimum atomic E-state index is -6.31. The Balaban J connectivity index is 0.000000201. The summed E-state index contributed by atoms with van der Waals surface area (Å²) in [6.07, 6.45) is -2.11. The Hall–Kier alpha value is -6.77. The summed E-state index contributed by atoms with van der Waals surface area (Å²) in [7, 11) is -18.8. The number of ether oxygens (including phenoxy) is 2. The van der Waals surface area contributed by atoms with Crippen molar-refractivity contribution in [1.82, 2.24) is 0 Å². The topological polar surface area (TPSA) is 298 Å². The van der Waals surface area contributed by atoms with E-state index >= 15 is 0 Å². The molecule has 2 aliphatic rings. The second-order valence-electron chi connectivity index (χ2n) is 24.2. The molecule has 0 saturated carbocycles. The second-order valence-corrected chi connectivity index (χ2v) is 47.7. The number of aryl methyl sites for hydroxylation is 6. The Morgan fingerprint density at radius 3 is 1.14 bits per heavy atom. The quantitative estimate of drug-likeness (QED) is 0.0159. The first-order valence-corrected chi connectivity index (χ1v) is 48.7. The van der Waals surface area contributed by atoms with E-state index in [4.69, 9.17) is 18.6 Å².